The molecular formula is C20H25N3O3. The predicted molar refractivity (Wildman–Crippen MR) is 97.3 cm³/mol. The number of hydrogen-bond acceptors (Lipinski definition) is 4. The van der Waals surface area contributed by atoms with Gasteiger partial charge in [0.15, 0.2) is 0 Å². The molecule has 1 aliphatic heterocycles. The van der Waals surface area contributed by atoms with Crippen LogP contribution in [0.4, 0.5) is 11.4 Å². The molecule has 4 fully saturated rings. The van der Waals surface area contributed by atoms with E-state index in [0.29, 0.717) is 23.8 Å². The lowest BCUT2D eigenvalue weighted by molar-refractivity contribution is -0.384. The van der Waals surface area contributed by atoms with Gasteiger partial charge in [0, 0.05) is 24.1 Å². The third-order valence-corrected chi connectivity index (χ3v) is 7.45. The number of rotatable bonds is 2. The van der Waals surface area contributed by atoms with Crippen LogP contribution in [-0.2, 0) is 4.79 Å². The zero-order valence-electron chi connectivity index (χ0n) is 14.8. The maximum absolute atomic E-state index is 13.2. The number of nitrogens with one attached hydrogen (secondary N) is 1. The van der Waals surface area contributed by atoms with Crippen molar-refractivity contribution in [2.24, 2.45) is 29.6 Å². The maximum Gasteiger partial charge on any atom is 0.269 e. The second-order valence-corrected chi connectivity index (χ2v) is 8.49. The lowest BCUT2D eigenvalue weighted by atomic mass is 9.68. The highest BCUT2D eigenvalue weighted by Gasteiger charge is 2.58. The van der Waals surface area contributed by atoms with Gasteiger partial charge < -0.3 is 0 Å². The molecule has 26 heavy (non-hydrogen) atoms. The van der Waals surface area contributed by atoms with Gasteiger partial charge in [0.25, 0.3) is 5.69 Å². The van der Waals surface area contributed by atoms with Gasteiger partial charge in [-0.05, 0) is 61.5 Å². The van der Waals surface area contributed by atoms with E-state index in [0.717, 1.165) is 24.4 Å². The second-order valence-electron chi connectivity index (χ2n) is 8.49. The Kier molecular flexibility index (Phi) is 3.78. The summed E-state index contributed by atoms with van der Waals surface area (Å²) in [5.41, 5.74) is 4.35. The van der Waals surface area contributed by atoms with Gasteiger partial charge in [0.05, 0.1) is 10.6 Å². The van der Waals surface area contributed by atoms with Gasteiger partial charge in [0.1, 0.15) is 0 Å². The largest absolute Gasteiger partial charge is 0.273 e. The van der Waals surface area contributed by atoms with Crippen molar-refractivity contribution in [3.63, 3.8) is 0 Å². The van der Waals surface area contributed by atoms with Crippen molar-refractivity contribution < 1.29 is 9.72 Å². The van der Waals surface area contributed by atoms with Crippen LogP contribution in [0.2, 0.25) is 0 Å². The van der Waals surface area contributed by atoms with Crippen molar-refractivity contribution in [3.8, 4) is 0 Å². The van der Waals surface area contributed by atoms with Crippen LogP contribution in [0.5, 0.6) is 0 Å². The maximum atomic E-state index is 13.2. The van der Waals surface area contributed by atoms with E-state index in [2.05, 4.69) is 5.43 Å². The van der Waals surface area contributed by atoms with Crippen molar-refractivity contribution in [2.75, 3.05) is 5.01 Å². The standard InChI is InChI=1S/C20H25N3O3/c24-20-17-7-3-6-15-14-4-1-2-5-16(14)19(18(15)17)21-22(20)12-8-10-13(11-9-12)23(25)26/h8-11,14-19,21H,1-7H2. The molecule has 0 radical (unpaired) electrons. The van der Waals surface area contributed by atoms with Gasteiger partial charge >= 0.3 is 0 Å². The lowest BCUT2D eigenvalue weighted by Crippen LogP contribution is -2.62. The van der Waals surface area contributed by atoms with Crippen molar-refractivity contribution >= 4 is 17.3 Å². The van der Waals surface area contributed by atoms with E-state index in [-0.39, 0.29) is 17.5 Å². The number of amides is 1. The monoisotopic (exact) mass is 355 g/mol. The van der Waals surface area contributed by atoms with E-state index in [1.165, 1.54) is 44.2 Å². The van der Waals surface area contributed by atoms with E-state index in [1.807, 2.05) is 0 Å². The molecule has 6 atom stereocenters. The molecule has 1 amide bonds. The molecule has 1 saturated heterocycles. The smallest absolute Gasteiger partial charge is 0.269 e. The molecule has 6 unspecified atom stereocenters. The summed E-state index contributed by atoms with van der Waals surface area (Å²) in [6, 6.07) is 6.73. The Morgan fingerprint density at radius 1 is 0.962 bits per heavy atom. The normalized spacial score (nSPS) is 38.6. The van der Waals surface area contributed by atoms with Gasteiger partial charge in [-0.3, -0.25) is 14.9 Å². The lowest BCUT2D eigenvalue weighted by Gasteiger charge is -2.46. The van der Waals surface area contributed by atoms with Crippen molar-refractivity contribution in [1.82, 2.24) is 5.43 Å². The van der Waals surface area contributed by atoms with Gasteiger partial charge in [-0.1, -0.05) is 19.3 Å². The number of nitro groups is 1. The van der Waals surface area contributed by atoms with E-state index in [9.17, 15) is 14.9 Å². The Labute approximate surface area is 153 Å². The fourth-order valence-corrected chi connectivity index (χ4v) is 6.50. The van der Waals surface area contributed by atoms with Crippen LogP contribution in [0.25, 0.3) is 0 Å². The number of non-ortho nitro benzene ring substituents is 1. The number of nitro benzene ring substituents is 1. The van der Waals surface area contributed by atoms with Crippen LogP contribution in [0.15, 0.2) is 24.3 Å². The fourth-order valence-electron chi connectivity index (χ4n) is 6.50. The van der Waals surface area contributed by atoms with Crippen molar-refractivity contribution in [3.05, 3.63) is 34.4 Å². The summed E-state index contributed by atoms with van der Waals surface area (Å²) in [5, 5.41) is 12.6. The van der Waals surface area contributed by atoms with Crippen LogP contribution in [0.3, 0.4) is 0 Å². The minimum Gasteiger partial charge on any atom is -0.273 e. The highest BCUT2D eigenvalue weighted by atomic mass is 16.6. The first kappa shape index (κ1) is 16.2. The van der Waals surface area contributed by atoms with E-state index in [4.69, 9.17) is 0 Å². The zero-order valence-corrected chi connectivity index (χ0v) is 14.8. The molecule has 1 heterocycles. The molecule has 3 aliphatic carbocycles. The number of nitrogens with zero attached hydrogens (tertiary/aromatic N) is 2. The number of fused-ring (bicyclic) bond motifs is 3. The van der Waals surface area contributed by atoms with Crippen molar-refractivity contribution in [1.29, 1.82) is 0 Å². The van der Waals surface area contributed by atoms with E-state index >= 15 is 0 Å². The Hall–Kier alpha value is -1.95. The first-order valence-corrected chi connectivity index (χ1v) is 10.00. The molecule has 6 nitrogen and oxygen atoms in total. The molecule has 0 aromatic heterocycles. The highest BCUT2D eigenvalue weighted by Crippen LogP contribution is 2.57. The summed E-state index contributed by atoms with van der Waals surface area (Å²) in [6.45, 7) is 0. The predicted octanol–water partition coefficient (Wildman–Crippen LogP) is 3.67. The Bertz CT molecular complexity index is 734. The third-order valence-electron chi connectivity index (χ3n) is 7.45. The molecule has 0 spiro atoms. The summed E-state index contributed by atoms with van der Waals surface area (Å²) in [5.74, 6) is 2.91. The van der Waals surface area contributed by atoms with Crippen molar-refractivity contribution in [2.45, 2.75) is 51.0 Å². The molecule has 1 aromatic rings. The zero-order chi connectivity index (χ0) is 17.8. The topological polar surface area (TPSA) is 75.5 Å². The summed E-state index contributed by atoms with van der Waals surface area (Å²) >= 11 is 0. The quantitative estimate of drug-likeness (QED) is 0.649. The Balaban J connectivity index is 1.48. The van der Waals surface area contributed by atoms with E-state index < -0.39 is 4.92 Å². The summed E-state index contributed by atoms with van der Waals surface area (Å²) < 4.78 is 0. The summed E-state index contributed by atoms with van der Waals surface area (Å²) in [6.07, 6.45) is 8.65. The number of benzene rings is 1. The molecule has 6 heteroatoms. The van der Waals surface area contributed by atoms with Gasteiger partial charge in [-0.15, -0.1) is 0 Å². The molecule has 3 saturated carbocycles. The molecule has 1 aromatic carbocycles. The average Bonchev–Trinajstić information content (AvgIpc) is 3.00. The SMILES string of the molecule is O=C1C2CCCC3C4CCCCC4C(NN1c1ccc([N+](=O)[O-])cc1)C23. The van der Waals surface area contributed by atoms with Gasteiger partial charge in [-0.25, -0.2) is 10.4 Å². The second kappa shape index (κ2) is 6.05. The van der Waals surface area contributed by atoms with Crippen LogP contribution >= 0.6 is 0 Å². The third kappa shape index (κ3) is 2.31. The summed E-state index contributed by atoms with van der Waals surface area (Å²) in [4.78, 5) is 23.7. The Morgan fingerprint density at radius 3 is 2.38 bits per heavy atom. The first-order chi connectivity index (χ1) is 12.6. The first-order valence-electron chi connectivity index (χ1n) is 10.00. The number of anilines is 1. The Morgan fingerprint density at radius 2 is 1.65 bits per heavy atom. The van der Waals surface area contributed by atoms with E-state index in [1.54, 1.807) is 17.1 Å². The molecule has 138 valence electrons. The average molecular weight is 355 g/mol. The molecule has 1 N–H and O–H groups in total. The van der Waals surface area contributed by atoms with Gasteiger partial charge in [-0.2, -0.15) is 0 Å². The minimum atomic E-state index is -0.402. The minimum absolute atomic E-state index is 0.0574. The highest BCUT2D eigenvalue weighted by molar-refractivity contribution is 5.95. The molecular weight excluding hydrogens is 330 g/mol. The van der Waals surface area contributed by atoms with Gasteiger partial charge in [0.2, 0.25) is 5.91 Å². The van der Waals surface area contributed by atoms with Crippen LogP contribution in [0, 0.1) is 39.7 Å². The number of hydrazine groups is 1. The number of carbonyl (C=O) groups is 1. The van der Waals surface area contributed by atoms with Crippen LogP contribution < -0.4 is 10.4 Å². The number of hydrogen-bond donors (Lipinski definition) is 1. The molecule has 5 rings (SSSR count). The summed E-state index contributed by atoms with van der Waals surface area (Å²) in [7, 11) is 0. The fraction of sp³-hybridized carbons (Fsp3) is 0.650. The van der Waals surface area contributed by atoms with Crippen LogP contribution in [-0.4, -0.2) is 16.9 Å². The molecule has 4 aliphatic rings. The molecule has 0 bridgehead atoms. The van der Waals surface area contributed by atoms with Crippen LogP contribution in [0.1, 0.15) is 44.9 Å². The number of carbonyl (C=O) groups excluding carboxylic acids is 1.